The Kier molecular flexibility index (Phi) is 3.23. The van der Waals surface area contributed by atoms with Crippen LogP contribution < -0.4 is 5.73 Å². The number of hydrogen-bond acceptors (Lipinski definition) is 5. The SMILES string of the molecule is Cc1ccccc1SCc1nnc(N)s1. The summed E-state index contributed by atoms with van der Waals surface area (Å²) in [5.74, 6) is 0.833. The maximum Gasteiger partial charge on any atom is 0.203 e. The molecule has 0 saturated carbocycles. The molecule has 0 atom stereocenters. The van der Waals surface area contributed by atoms with Crippen molar-refractivity contribution in [1.29, 1.82) is 0 Å². The zero-order valence-electron chi connectivity index (χ0n) is 8.30. The zero-order valence-corrected chi connectivity index (χ0v) is 9.94. The quantitative estimate of drug-likeness (QED) is 0.834. The third-order valence-electron chi connectivity index (χ3n) is 1.93. The van der Waals surface area contributed by atoms with Gasteiger partial charge in [-0.15, -0.1) is 22.0 Å². The topological polar surface area (TPSA) is 51.8 Å². The molecular formula is C10H11N3S2. The average molecular weight is 237 g/mol. The Balaban J connectivity index is 2.02. The molecule has 2 rings (SSSR count). The third-order valence-corrected chi connectivity index (χ3v) is 4.05. The fourth-order valence-corrected chi connectivity index (χ4v) is 2.81. The fraction of sp³-hybridized carbons (Fsp3) is 0.200. The van der Waals surface area contributed by atoms with Gasteiger partial charge >= 0.3 is 0 Å². The molecule has 5 heteroatoms. The first-order valence-corrected chi connectivity index (χ1v) is 6.32. The van der Waals surface area contributed by atoms with Crippen LogP contribution in [0.15, 0.2) is 29.2 Å². The van der Waals surface area contributed by atoms with Crippen LogP contribution in [-0.4, -0.2) is 10.2 Å². The fourth-order valence-electron chi connectivity index (χ4n) is 1.18. The van der Waals surface area contributed by atoms with Gasteiger partial charge in [-0.05, 0) is 18.6 Å². The number of nitrogen functional groups attached to an aromatic ring is 1. The summed E-state index contributed by atoms with van der Waals surface area (Å²) < 4.78 is 0. The van der Waals surface area contributed by atoms with Crippen LogP contribution in [0.4, 0.5) is 5.13 Å². The molecular weight excluding hydrogens is 226 g/mol. The van der Waals surface area contributed by atoms with Crippen molar-refractivity contribution in [2.45, 2.75) is 17.6 Å². The van der Waals surface area contributed by atoms with Gasteiger partial charge in [-0.2, -0.15) is 0 Å². The van der Waals surface area contributed by atoms with E-state index in [2.05, 4.69) is 29.3 Å². The van der Waals surface area contributed by atoms with E-state index in [4.69, 9.17) is 5.73 Å². The van der Waals surface area contributed by atoms with Crippen LogP contribution in [0.3, 0.4) is 0 Å². The maximum absolute atomic E-state index is 5.51. The van der Waals surface area contributed by atoms with Crippen molar-refractivity contribution < 1.29 is 0 Å². The number of nitrogens with two attached hydrogens (primary N) is 1. The lowest BCUT2D eigenvalue weighted by Crippen LogP contribution is -1.82. The van der Waals surface area contributed by atoms with E-state index in [-0.39, 0.29) is 0 Å². The normalized spacial score (nSPS) is 10.5. The monoisotopic (exact) mass is 237 g/mol. The minimum Gasteiger partial charge on any atom is -0.374 e. The average Bonchev–Trinajstić information content (AvgIpc) is 2.63. The molecule has 78 valence electrons. The number of benzene rings is 1. The minimum absolute atomic E-state index is 0.537. The highest BCUT2D eigenvalue weighted by Crippen LogP contribution is 2.27. The highest BCUT2D eigenvalue weighted by molar-refractivity contribution is 7.98. The van der Waals surface area contributed by atoms with Gasteiger partial charge < -0.3 is 5.73 Å². The van der Waals surface area contributed by atoms with E-state index in [0.717, 1.165) is 10.8 Å². The highest BCUT2D eigenvalue weighted by Gasteiger charge is 2.03. The molecule has 0 radical (unpaired) electrons. The predicted molar refractivity (Wildman–Crippen MR) is 65.1 cm³/mol. The lowest BCUT2D eigenvalue weighted by molar-refractivity contribution is 1.05. The van der Waals surface area contributed by atoms with Crippen molar-refractivity contribution in [3.05, 3.63) is 34.8 Å². The number of nitrogens with zero attached hydrogens (tertiary/aromatic N) is 2. The van der Waals surface area contributed by atoms with E-state index in [1.54, 1.807) is 11.8 Å². The minimum atomic E-state index is 0.537. The van der Waals surface area contributed by atoms with Gasteiger partial charge in [0.25, 0.3) is 0 Å². The maximum atomic E-state index is 5.51. The molecule has 2 aromatic rings. The summed E-state index contributed by atoms with van der Waals surface area (Å²) in [5, 5.41) is 9.28. The lowest BCUT2D eigenvalue weighted by Gasteiger charge is -2.02. The standard InChI is InChI=1S/C10H11N3S2/c1-7-4-2-3-5-8(7)14-6-9-12-13-10(11)15-9/h2-5H,6H2,1H3,(H2,11,13). The molecule has 0 unspecified atom stereocenters. The van der Waals surface area contributed by atoms with Gasteiger partial charge in [0, 0.05) is 4.90 Å². The number of thioether (sulfide) groups is 1. The largest absolute Gasteiger partial charge is 0.374 e. The van der Waals surface area contributed by atoms with Crippen LogP contribution in [0.5, 0.6) is 0 Å². The lowest BCUT2D eigenvalue weighted by atomic mass is 10.2. The van der Waals surface area contributed by atoms with E-state index >= 15 is 0 Å². The van der Waals surface area contributed by atoms with Gasteiger partial charge in [0.2, 0.25) is 5.13 Å². The highest BCUT2D eigenvalue weighted by atomic mass is 32.2. The van der Waals surface area contributed by atoms with E-state index in [9.17, 15) is 0 Å². The van der Waals surface area contributed by atoms with Crippen LogP contribution in [-0.2, 0) is 5.75 Å². The number of hydrogen-bond donors (Lipinski definition) is 1. The Morgan fingerprint density at radius 3 is 2.80 bits per heavy atom. The first-order valence-electron chi connectivity index (χ1n) is 4.52. The Morgan fingerprint density at radius 2 is 2.13 bits per heavy atom. The molecule has 0 aliphatic rings. The molecule has 15 heavy (non-hydrogen) atoms. The van der Waals surface area contributed by atoms with Crippen molar-refractivity contribution in [2.24, 2.45) is 0 Å². The van der Waals surface area contributed by atoms with Gasteiger partial charge in [-0.25, -0.2) is 0 Å². The predicted octanol–water partition coefficient (Wildman–Crippen LogP) is 2.72. The molecule has 0 aliphatic heterocycles. The summed E-state index contributed by atoms with van der Waals surface area (Å²) in [6.45, 7) is 2.11. The molecule has 0 spiro atoms. The Morgan fingerprint density at radius 1 is 1.33 bits per heavy atom. The van der Waals surface area contributed by atoms with Crippen LogP contribution in [0, 0.1) is 6.92 Å². The summed E-state index contributed by atoms with van der Waals surface area (Å²) >= 11 is 3.21. The van der Waals surface area contributed by atoms with Crippen molar-refractivity contribution in [3.63, 3.8) is 0 Å². The molecule has 3 nitrogen and oxygen atoms in total. The number of aryl methyl sites for hydroxylation is 1. The van der Waals surface area contributed by atoms with E-state index < -0.39 is 0 Å². The smallest absolute Gasteiger partial charge is 0.203 e. The molecule has 0 amide bonds. The molecule has 0 fully saturated rings. The van der Waals surface area contributed by atoms with Gasteiger partial charge in [0.15, 0.2) is 0 Å². The molecule has 1 heterocycles. The zero-order chi connectivity index (χ0) is 10.7. The molecule has 2 N–H and O–H groups in total. The second-order valence-electron chi connectivity index (χ2n) is 3.09. The van der Waals surface area contributed by atoms with Crippen molar-refractivity contribution in [3.8, 4) is 0 Å². The van der Waals surface area contributed by atoms with Crippen molar-refractivity contribution >= 4 is 28.2 Å². The second-order valence-corrected chi connectivity index (χ2v) is 5.20. The first kappa shape index (κ1) is 10.4. The van der Waals surface area contributed by atoms with E-state index in [1.165, 1.54) is 21.8 Å². The number of rotatable bonds is 3. The van der Waals surface area contributed by atoms with Crippen molar-refractivity contribution in [2.75, 3.05) is 5.73 Å². The molecule has 1 aromatic carbocycles. The van der Waals surface area contributed by atoms with Crippen LogP contribution in [0.25, 0.3) is 0 Å². The van der Waals surface area contributed by atoms with Crippen LogP contribution in [0.1, 0.15) is 10.6 Å². The second kappa shape index (κ2) is 4.63. The van der Waals surface area contributed by atoms with Crippen LogP contribution >= 0.6 is 23.1 Å². The summed E-state index contributed by atoms with van der Waals surface area (Å²) in [4.78, 5) is 1.28. The van der Waals surface area contributed by atoms with E-state index in [1.807, 2.05) is 12.1 Å². The third kappa shape index (κ3) is 2.70. The first-order chi connectivity index (χ1) is 7.25. The number of anilines is 1. The molecule has 0 bridgehead atoms. The Labute approximate surface area is 96.7 Å². The Bertz CT molecular complexity index is 453. The van der Waals surface area contributed by atoms with Gasteiger partial charge in [0.1, 0.15) is 5.01 Å². The summed E-state index contributed by atoms with van der Waals surface area (Å²) in [7, 11) is 0. The van der Waals surface area contributed by atoms with Crippen molar-refractivity contribution in [1.82, 2.24) is 10.2 Å². The summed E-state index contributed by atoms with van der Waals surface area (Å²) in [5.41, 5.74) is 6.80. The number of aromatic nitrogens is 2. The molecule has 0 aliphatic carbocycles. The Hall–Kier alpha value is -1.07. The molecule has 0 saturated heterocycles. The summed E-state index contributed by atoms with van der Waals surface area (Å²) in [6.07, 6.45) is 0. The van der Waals surface area contributed by atoms with Gasteiger partial charge in [-0.1, -0.05) is 29.5 Å². The van der Waals surface area contributed by atoms with Gasteiger partial charge in [-0.3, -0.25) is 0 Å². The van der Waals surface area contributed by atoms with E-state index in [0.29, 0.717) is 5.13 Å². The molecule has 1 aromatic heterocycles. The summed E-state index contributed by atoms with van der Waals surface area (Å²) in [6, 6.07) is 8.31. The van der Waals surface area contributed by atoms with Gasteiger partial charge in [0.05, 0.1) is 5.75 Å². The van der Waals surface area contributed by atoms with Crippen LogP contribution in [0.2, 0.25) is 0 Å².